The van der Waals surface area contributed by atoms with Gasteiger partial charge in [-0.3, -0.25) is 9.59 Å². The number of thiophene rings is 1. The lowest BCUT2D eigenvalue weighted by atomic mass is 10.2. The molecule has 1 amide bonds. The predicted molar refractivity (Wildman–Crippen MR) is 105 cm³/mol. The number of aryl methyl sites for hydroxylation is 1. The van der Waals surface area contributed by atoms with Gasteiger partial charge in [0.25, 0.3) is 11.5 Å². The molecule has 4 rings (SSSR count). The van der Waals surface area contributed by atoms with Gasteiger partial charge in [-0.05, 0) is 24.6 Å². The highest BCUT2D eigenvalue weighted by atomic mass is 32.1. The van der Waals surface area contributed by atoms with Gasteiger partial charge in [0.15, 0.2) is 11.6 Å². The third-order valence-corrected chi connectivity index (χ3v) is 6.29. The second kappa shape index (κ2) is 7.80. The Balaban J connectivity index is 1.47. The van der Waals surface area contributed by atoms with Crippen LogP contribution in [0.4, 0.5) is 0 Å². The number of piperazine rings is 1. The number of ether oxygens (including phenoxy) is 1. The van der Waals surface area contributed by atoms with E-state index in [0.29, 0.717) is 51.9 Å². The highest BCUT2D eigenvalue weighted by Crippen LogP contribution is 2.27. The molecule has 0 radical (unpaired) electrons. The minimum absolute atomic E-state index is 0.105. The first-order valence-corrected chi connectivity index (χ1v) is 10.1. The molecule has 9 nitrogen and oxygen atoms in total. The summed E-state index contributed by atoms with van der Waals surface area (Å²) in [5, 5.41) is 0.433. The summed E-state index contributed by atoms with van der Waals surface area (Å²) in [4.78, 5) is 48.1. The first-order chi connectivity index (χ1) is 14.0. The van der Waals surface area contributed by atoms with Gasteiger partial charge < -0.3 is 23.9 Å². The molecule has 0 aliphatic carbocycles. The first-order valence-electron chi connectivity index (χ1n) is 9.25. The van der Waals surface area contributed by atoms with Crippen molar-refractivity contribution in [1.29, 1.82) is 0 Å². The van der Waals surface area contributed by atoms with Gasteiger partial charge in [0.05, 0.1) is 44.9 Å². The summed E-state index contributed by atoms with van der Waals surface area (Å²) >= 11 is 1.17. The number of methoxy groups -OCH3 is 1. The van der Waals surface area contributed by atoms with E-state index in [1.807, 2.05) is 0 Å². The number of carbonyl (C=O) groups is 2. The van der Waals surface area contributed by atoms with Crippen LogP contribution in [0.2, 0.25) is 0 Å². The van der Waals surface area contributed by atoms with E-state index in [4.69, 9.17) is 9.15 Å². The lowest BCUT2D eigenvalue weighted by Gasteiger charge is -2.31. The molecule has 0 aromatic carbocycles. The third kappa shape index (κ3) is 3.68. The molecule has 29 heavy (non-hydrogen) atoms. The summed E-state index contributed by atoms with van der Waals surface area (Å²) < 4.78 is 9.96. The standard InChI is InChI=1S/C19H20N4O5S/c1-11-14-16(24)20-13(21-17(14)29-15(11)19(26)27-2)10-22-5-7-23(8-6-22)18(25)12-4-3-9-28-12/h3-4,9H,5-8,10H2,1-2H3,(H,20,21,24)/p+1. The van der Waals surface area contributed by atoms with Crippen LogP contribution in [0.15, 0.2) is 27.6 Å². The van der Waals surface area contributed by atoms with Crippen molar-refractivity contribution in [3.63, 3.8) is 0 Å². The summed E-state index contributed by atoms with van der Waals surface area (Å²) in [5.41, 5.74) is 0.342. The molecule has 1 aliphatic heterocycles. The Morgan fingerprint density at radius 1 is 1.38 bits per heavy atom. The molecule has 1 saturated heterocycles. The summed E-state index contributed by atoms with van der Waals surface area (Å²) in [7, 11) is 1.31. The topological polar surface area (TPSA) is 110 Å². The van der Waals surface area contributed by atoms with Crippen LogP contribution in [0, 0.1) is 6.92 Å². The Morgan fingerprint density at radius 3 is 2.79 bits per heavy atom. The number of aromatic nitrogens is 2. The quantitative estimate of drug-likeness (QED) is 0.588. The van der Waals surface area contributed by atoms with Crippen LogP contribution in [0.3, 0.4) is 0 Å². The molecule has 1 fully saturated rings. The molecule has 0 spiro atoms. The van der Waals surface area contributed by atoms with E-state index in [2.05, 4.69) is 9.97 Å². The molecule has 0 saturated carbocycles. The Hall–Kier alpha value is -2.98. The molecule has 2 N–H and O–H groups in total. The molecule has 152 valence electrons. The fourth-order valence-corrected chi connectivity index (χ4v) is 4.67. The van der Waals surface area contributed by atoms with Gasteiger partial charge in [-0.2, -0.15) is 0 Å². The van der Waals surface area contributed by atoms with Gasteiger partial charge in [0, 0.05) is 0 Å². The Morgan fingerprint density at radius 2 is 2.14 bits per heavy atom. The van der Waals surface area contributed by atoms with Gasteiger partial charge >= 0.3 is 5.97 Å². The van der Waals surface area contributed by atoms with Crippen molar-refractivity contribution < 1.29 is 23.6 Å². The second-order valence-electron chi connectivity index (χ2n) is 6.94. The van der Waals surface area contributed by atoms with Gasteiger partial charge in [-0.1, -0.05) is 0 Å². The number of nitrogens with zero attached hydrogens (tertiary/aromatic N) is 2. The van der Waals surface area contributed by atoms with Gasteiger partial charge in [-0.15, -0.1) is 11.3 Å². The zero-order chi connectivity index (χ0) is 20.5. The largest absolute Gasteiger partial charge is 0.465 e. The maximum atomic E-state index is 12.5. The summed E-state index contributed by atoms with van der Waals surface area (Å²) in [6.45, 7) is 4.95. The molecule has 0 bridgehead atoms. The van der Waals surface area contributed by atoms with E-state index in [9.17, 15) is 14.4 Å². The van der Waals surface area contributed by atoms with Crippen molar-refractivity contribution in [2.75, 3.05) is 33.3 Å². The van der Waals surface area contributed by atoms with Crippen molar-refractivity contribution in [1.82, 2.24) is 14.9 Å². The van der Waals surface area contributed by atoms with Crippen molar-refractivity contribution in [2.24, 2.45) is 0 Å². The average Bonchev–Trinajstić information content (AvgIpc) is 3.36. The van der Waals surface area contributed by atoms with Crippen LogP contribution >= 0.6 is 11.3 Å². The number of H-pyrrole nitrogens is 1. The molecule has 3 aromatic rings. The molecule has 0 unspecified atom stereocenters. The molecule has 1 aliphatic rings. The van der Waals surface area contributed by atoms with Crippen molar-refractivity contribution >= 4 is 33.4 Å². The van der Waals surface area contributed by atoms with Gasteiger partial charge in [-0.25, -0.2) is 9.78 Å². The van der Waals surface area contributed by atoms with Gasteiger partial charge in [0.2, 0.25) is 0 Å². The van der Waals surface area contributed by atoms with Crippen LogP contribution in [-0.2, 0) is 11.3 Å². The summed E-state index contributed by atoms with van der Waals surface area (Å²) in [5.74, 6) is 0.348. The number of aromatic amines is 1. The second-order valence-corrected chi connectivity index (χ2v) is 7.94. The number of quaternary nitrogens is 1. The zero-order valence-electron chi connectivity index (χ0n) is 16.1. The zero-order valence-corrected chi connectivity index (χ0v) is 16.9. The molecule has 4 heterocycles. The molecule has 10 heteroatoms. The molecule has 3 aromatic heterocycles. The number of nitrogens with one attached hydrogen (secondary N) is 2. The van der Waals surface area contributed by atoms with Crippen LogP contribution < -0.4 is 10.5 Å². The van der Waals surface area contributed by atoms with Crippen LogP contribution in [0.1, 0.15) is 31.6 Å². The predicted octanol–water partition coefficient (Wildman–Crippen LogP) is 0.214. The number of rotatable bonds is 4. The monoisotopic (exact) mass is 417 g/mol. The maximum Gasteiger partial charge on any atom is 0.348 e. The van der Waals surface area contributed by atoms with E-state index in [0.717, 1.165) is 13.1 Å². The Bertz CT molecular complexity index is 1110. The highest BCUT2D eigenvalue weighted by Gasteiger charge is 2.27. The number of esters is 1. The molecule has 0 atom stereocenters. The highest BCUT2D eigenvalue weighted by molar-refractivity contribution is 7.20. The van der Waals surface area contributed by atoms with Crippen LogP contribution in [-0.4, -0.2) is 60.0 Å². The van der Waals surface area contributed by atoms with E-state index >= 15 is 0 Å². The van der Waals surface area contributed by atoms with Crippen molar-refractivity contribution in [3.05, 3.63) is 50.8 Å². The lowest BCUT2D eigenvalue weighted by molar-refractivity contribution is -0.918. The maximum absolute atomic E-state index is 12.5. The molecular weight excluding hydrogens is 396 g/mol. The van der Waals surface area contributed by atoms with Crippen molar-refractivity contribution in [3.8, 4) is 0 Å². The number of hydrogen-bond acceptors (Lipinski definition) is 7. The van der Waals surface area contributed by atoms with E-state index in [1.165, 1.54) is 29.6 Å². The average molecular weight is 417 g/mol. The Kier molecular flexibility index (Phi) is 5.20. The van der Waals surface area contributed by atoms with Crippen LogP contribution in [0.5, 0.6) is 0 Å². The van der Waals surface area contributed by atoms with E-state index < -0.39 is 5.97 Å². The summed E-state index contributed by atoms with van der Waals surface area (Å²) in [6, 6.07) is 3.36. The third-order valence-electron chi connectivity index (χ3n) is 5.13. The Labute approximate surface area is 169 Å². The first kappa shape index (κ1) is 19.3. The lowest BCUT2D eigenvalue weighted by Crippen LogP contribution is -3.13. The normalized spacial score (nSPS) is 15.0. The summed E-state index contributed by atoms with van der Waals surface area (Å²) in [6.07, 6.45) is 1.49. The number of amides is 1. The number of hydrogen-bond donors (Lipinski definition) is 2. The van der Waals surface area contributed by atoms with Crippen LogP contribution in [0.25, 0.3) is 10.2 Å². The van der Waals surface area contributed by atoms with Crippen molar-refractivity contribution in [2.45, 2.75) is 13.5 Å². The van der Waals surface area contributed by atoms with Gasteiger partial charge in [0.1, 0.15) is 16.3 Å². The van der Waals surface area contributed by atoms with E-state index in [1.54, 1.807) is 24.0 Å². The SMILES string of the molecule is COC(=O)c1sc2nc(C[NH+]3CCN(C(=O)c4ccco4)CC3)[nH]c(=O)c2c1C. The smallest absolute Gasteiger partial charge is 0.348 e. The fraction of sp³-hybridized carbons (Fsp3) is 0.368. The number of fused-ring (bicyclic) bond motifs is 1. The number of furan rings is 1. The minimum Gasteiger partial charge on any atom is -0.465 e. The number of carbonyl (C=O) groups excluding carboxylic acids is 2. The minimum atomic E-state index is -0.463. The molecular formula is C19H21N4O5S+. The fourth-order valence-electron chi connectivity index (χ4n) is 3.56. The van der Waals surface area contributed by atoms with E-state index in [-0.39, 0.29) is 11.5 Å².